The zero-order chi connectivity index (χ0) is 34.8. The molecule has 262 valence electrons. The first-order valence-electron chi connectivity index (χ1n) is 18.0. The molecule has 0 unspecified atom stereocenters. The van der Waals surface area contributed by atoms with Crippen LogP contribution in [0.15, 0.2) is 106 Å². The molecule has 0 atom stereocenters. The predicted octanol–water partition coefficient (Wildman–Crippen LogP) is 6.69. The van der Waals surface area contributed by atoms with E-state index >= 15 is 0 Å². The molecule has 6 rings (SSSR count). The summed E-state index contributed by atoms with van der Waals surface area (Å²) in [5, 5.41) is 0. The summed E-state index contributed by atoms with van der Waals surface area (Å²) >= 11 is -2.76. The minimum atomic E-state index is -2.76. The van der Waals surface area contributed by atoms with Gasteiger partial charge in [0, 0.05) is 0 Å². The zero-order valence-corrected chi connectivity index (χ0v) is 36.3. The van der Waals surface area contributed by atoms with E-state index in [-0.39, 0.29) is 46.5 Å². The topological polar surface area (TPSA) is 0 Å². The Hall–Kier alpha value is -2.31. The van der Waals surface area contributed by atoms with Gasteiger partial charge in [-0.15, -0.1) is 0 Å². The second kappa shape index (κ2) is 14.6. The van der Waals surface area contributed by atoms with Crippen LogP contribution in [0.4, 0.5) is 0 Å². The van der Waals surface area contributed by atoms with Gasteiger partial charge in [0.05, 0.1) is 0 Å². The van der Waals surface area contributed by atoms with E-state index in [1.54, 1.807) is 17.6 Å². The van der Waals surface area contributed by atoms with Crippen molar-refractivity contribution < 1.29 is 46.1 Å². The van der Waals surface area contributed by atoms with Gasteiger partial charge in [0.25, 0.3) is 0 Å². The summed E-state index contributed by atoms with van der Waals surface area (Å²) in [6.45, 7) is 28.0. The van der Waals surface area contributed by atoms with Gasteiger partial charge in [0.2, 0.25) is 0 Å². The summed E-state index contributed by atoms with van der Waals surface area (Å²) in [5.41, 5.74) is 14.9. The number of benzene rings is 4. The molecule has 0 saturated carbocycles. The molecule has 4 aromatic rings. The molecule has 0 aliphatic heterocycles. The summed E-state index contributed by atoms with van der Waals surface area (Å²) in [7, 11) is 0. The van der Waals surface area contributed by atoms with Crippen LogP contribution in [0.2, 0.25) is 0 Å². The van der Waals surface area contributed by atoms with E-state index in [1.165, 1.54) is 44.5 Å². The van der Waals surface area contributed by atoms with Crippen LogP contribution in [0.25, 0.3) is 11.1 Å². The molecule has 0 amide bonds. The van der Waals surface area contributed by atoms with E-state index in [0.29, 0.717) is 3.63 Å². The summed E-state index contributed by atoms with van der Waals surface area (Å²) in [4.78, 5) is 0. The number of hydrogen-bond donors (Lipinski definition) is 0. The molecule has 3 heteroatoms. The average molecular weight is 783 g/mol. The first kappa shape index (κ1) is 40.5. The van der Waals surface area contributed by atoms with E-state index in [1.807, 2.05) is 0 Å². The molecule has 0 N–H and O–H groups in total. The van der Waals surface area contributed by atoms with Crippen molar-refractivity contribution in [3.05, 3.63) is 151 Å². The van der Waals surface area contributed by atoms with Crippen molar-refractivity contribution >= 4 is 3.21 Å². The van der Waals surface area contributed by atoms with Crippen molar-refractivity contribution in [3.63, 3.8) is 0 Å². The van der Waals surface area contributed by atoms with Gasteiger partial charge in [-0.05, 0) is 0 Å². The molecule has 50 heavy (non-hydrogen) atoms. The number of halogens is 2. The molecule has 2 aliphatic carbocycles. The first-order valence-corrected chi connectivity index (χ1v) is 21.8. The molecule has 0 aromatic heterocycles. The number of hydrogen-bond acceptors (Lipinski definition) is 0. The van der Waals surface area contributed by atoms with Crippen LogP contribution in [0.1, 0.15) is 138 Å². The molecular weight excluding hydrogens is 727 g/mol. The average Bonchev–Trinajstić information content (AvgIpc) is 3.65. The quantitative estimate of drug-likeness (QED) is 0.217. The largest absolute Gasteiger partial charge is 1.00 e. The summed E-state index contributed by atoms with van der Waals surface area (Å²) in [6.07, 6.45) is 8.27. The van der Waals surface area contributed by atoms with Crippen LogP contribution >= 0.6 is 0 Å². The van der Waals surface area contributed by atoms with Crippen LogP contribution in [0.5, 0.6) is 0 Å². The monoisotopic (exact) mass is 780 g/mol. The Morgan fingerprint density at radius 3 is 1.18 bits per heavy atom. The van der Waals surface area contributed by atoms with Crippen molar-refractivity contribution in [1.82, 2.24) is 0 Å². The molecule has 0 fully saturated rings. The van der Waals surface area contributed by atoms with Crippen molar-refractivity contribution in [1.29, 1.82) is 0 Å². The van der Waals surface area contributed by atoms with E-state index in [9.17, 15) is 0 Å². The number of fused-ring (bicyclic) bond motifs is 3. The van der Waals surface area contributed by atoms with Crippen molar-refractivity contribution in [2.75, 3.05) is 0 Å². The molecule has 0 spiro atoms. The van der Waals surface area contributed by atoms with Gasteiger partial charge in [0.1, 0.15) is 0 Å². The van der Waals surface area contributed by atoms with Gasteiger partial charge in [-0.1, -0.05) is 0 Å². The molecule has 2 aliphatic rings. The summed E-state index contributed by atoms with van der Waals surface area (Å²) < 4.78 is 3.72. The van der Waals surface area contributed by atoms with Gasteiger partial charge in [0.15, 0.2) is 0 Å². The minimum absolute atomic E-state index is 0. The number of rotatable bonds is 4. The normalized spacial score (nSPS) is 14.2. The maximum atomic E-state index is 2.54. The van der Waals surface area contributed by atoms with Crippen LogP contribution in [0, 0.1) is 0 Å². The Balaban J connectivity index is 0.00000281. The maximum Gasteiger partial charge on any atom is -1.00 e. The Bertz CT molecular complexity index is 1820. The first-order chi connectivity index (χ1) is 22.3. The van der Waals surface area contributed by atoms with Crippen LogP contribution in [-0.2, 0) is 42.9 Å². The fourth-order valence-corrected chi connectivity index (χ4v) is 16.4. The fraction of sp³-hybridized carbons (Fsp3) is 0.383. The molecular formula is C47H56Cl2Zr. The third-order valence-corrected chi connectivity index (χ3v) is 18.8. The Kier molecular flexibility index (Phi) is 11.8. The van der Waals surface area contributed by atoms with E-state index < -0.39 is 21.3 Å². The third kappa shape index (κ3) is 8.02. The molecule has 0 heterocycles. The van der Waals surface area contributed by atoms with Crippen molar-refractivity contribution in [2.45, 2.75) is 115 Å². The van der Waals surface area contributed by atoms with Gasteiger partial charge in [-0.3, -0.25) is 0 Å². The summed E-state index contributed by atoms with van der Waals surface area (Å²) in [6, 6.07) is 34.3. The van der Waals surface area contributed by atoms with E-state index in [0.717, 1.165) is 6.42 Å². The van der Waals surface area contributed by atoms with Crippen LogP contribution in [0.3, 0.4) is 0 Å². The smallest absolute Gasteiger partial charge is 1.00 e. The minimum Gasteiger partial charge on any atom is -1.00 e. The SMILES string of the molecule is CC(C)(C)c1ccc([C](c2ccc(C(C)(C)C)cc2)=[Zr+2]([C]2=CC=CC2)[CH]2c3ccc(C(C)(C)C)cc3-c3cc(C(C)(C)C)ccc32)cc1.[Cl-].[Cl-]. The maximum absolute atomic E-state index is 2.76. The standard InChI is InChI=1S/C21H25.C21H26.C5H5.2ClH.Zr/c1-20(2,3)16-9-7-14-11-15-8-10-17(21(4,5)6)13-19(15)18(14)12-16;1-20(2,3)18-11-7-16(8-12-18)15-17-9-13-19(14-10-17)21(4,5)6;1-2-4-5-3-1;;;/h7-13H,1-6H3;7-14H,1-6H3;1-3H,4H2;2*1H;/q;;;;;+2/p-2. The second-order valence-electron chi connectivity index (χ2n) is 18.3. The van der Waals surface area contributed by atoms with E-state index in [4.69, 9.17) is 0 Å². The number of allylic oxidation sites excluding steroid dienone is 4. The summed E-state index contributed by atoms with van der Waals surface area (Å²) in [5.74, 6) is 0. The Morgan fingerprint density at radius 2 is 0.860 bits per heavy atom. The second-order valence-corrected chi connectivity index (χ2v) is 24.6. The van der Waals surface area contributed by atoms with Gasteiger partial charge in [-0.2, -0.15) is 0 Å². The van der Waals surface area contributed by atoms with Crippen molar-refractivity contribution in [2.24, 2.45) is 0 Å². The predicted molar refractivity (Wildman–Crippen MR) is 206 cm³/mol. The van der Waals surface area contributed by atoms with Crippen LogP contribution < -0.4 is 24.8 Å². The van der Waals surface area contributed by atoms with Crippen LogP contribution in [-0.4, -0.2) is 3.21 Å². The molecule has 0 nitrogen and oxygen atoms in total. The Labute approximate surface area is 323 Å². The van der Waals surface area contributed by atoms with Gasteiger partial charge < -0.3 is 24.8 Å². The molecule has 0 saturated heterocycles. The van der Waals surface area contributed by atoms with Gasteiger partial charge >= 0.3 is 301 Å². The molecule has 0 radical (unpaired) electrons. The molecule has 0 bridgehead atoms. The Morgan fingerprint density at radius 1 is 0.500 bits per heavy atom. The van der Waals surface area contributed by atoms with Gasteiger partial charge in [-0.25, -0.2) is 0 Å². The third-order valence-electron chi connectivity index (χ3n) is 10.5. The zero-order valence-electron chi connectivity index (χ0n) is 32.4. The van der Waals surface area contributed by atoms with E-state index in [2.05, 4.69) is 186 Å². The van der Waals surface area contributed by atoms with Crippen molar-refractivity contribution in [3.8, 4) is 11.1 Å². The fourth-order valence-electron chi connectivity index (χ4n) is 7.38. The molecule has 4 aromatic carbocycles.